The molecule has 2 rings (SSSR count). The number of hydrogen-bond acceptors (Lipinski definition) is 2. The van der Waals surface area contributed by atoms with Crippen LogP contribution < -0.4 is 5.32 Å². The van der Waals surface area contributed by atoms with Gasteiger partial charge in [-0.15, -0.1) is 0 Å². The van der Waals surface area contributed by atoms with E-state index in [0.717, 1.165) is 29.5 Å². The van der Waals surface area contributed by atoms with Gasteiger partial charge in [-0.1, -0.05) is 24.6 Å². The Labute approximate surface area is 113 Å². The Morgan fingerprint density at radius 2 is 2.22 bits per heavy atom. The molecule has 4 heteroatoms. The predicted octanol–water partition coefficient (Wildman–Crippen LogP) is 3.87. The fraction of sp³-hybridized carbons (Fsp3) is 0.357. The van der Waals surface area contributed by atoms with Gasteiger partial charge < -0.3 is 9.88 Å². The third kappa shape index (κ3) is 3.05. The summed E-state index contributed by atoms with van der Waals surface area (Å²) in [5.41, 5.74) is 2.15. The highest BCUT2D eigenvalue weighted by Crippen LogP contribution is 2.23. The Balaban J connectivity index is 2.06. The molecule has 3 nitrogen and oxygen atoms in total. The van der Waals surface area contributed by atoms with Gasteiger partial charge in [0.1, 0.15) is 5.82 Å². The van der Waals surface area contributed by atoms with E-state index in [4.69, 9.17) is 11.6 Å². The van der Waals surface area contributed by atoms with E-state index < -0.39 is 0 Å². The standard InChI is InChI=1S/C14H18ClN3/c1-3-7-18-8-6-16-14(18)10-17-13-9-11(2)4-5-12(13)15/h4-6,8-9,17H,3,7,10H2,1-2H3. The number of rotatable bonds is 5. The number of nitrogens with zero attached hydrogens (tertiary/aromatic N) is 2. The molecule has 1 N–H and O–H groups in total. The predicted molar refractivity (Wildman–Crippen MR) is 76.0 cm³/mol. The Hall–Kier alpha value is -1.48. The third-order valence-corrected chi connectivity index (χ3v) is 3.15. The first-order valence-electron chi connectivity index (χ1n) is 6.20. The topological polar surface area (TPSA) is 29.9 Å². The number of nitrogens with one attached hydrogen (secondary N) is 1. The lowest BCUT2D eigenvalue weighted by Gasteiger charge is -2.10. The molecule has 0 unspecified atom stereocenters. The number of benzene rings is 1. The molecular formula is C14H18ClN3. The molecule has 0 aliphatic heterocycles. The number of hydrogen-bond donors (Lipinski definition) is 1. The normalized spacial score (nSPS) is 10.6. The molecule has 0 fully saturated rings. The van der Waals surface area contributed by atoms with Crippen LogP contribution in [0.2, 0.25) is 5.02 Å². The number of aromatic nitrogens is 2. The van der Waals surface area contributed by atoms with Crippen LogP contribution in [-0.2, 0) is 13.1 Å². The molecule has 18 heavy (non-hydrogen) atoms. The Morgan fingerprint density at radius 1 is 1.39 bits per heavy atom. The van der Waals surface area contributed by atoms with E-state index >= 15 is 0 Å². The highest BCUT2D eigenvalue weighted by Gasteiger charge is 2.04. The second-order valence-electron chi connectivity index (χ2n) is 4.37. The summed E-state index contributed by atoms with van der Waals surface area (Å²) in [6.07, 6.45) is 4.96. The highest BCUT2D eigenvalue weighted by molar-refractivity contribution is 6.33. The average molecular weight is 264 g/mol. The summed E-state index contributed by atoms with van der Waals surface area (Å²) in [5.74, 6) is 1.04. The molecule has 0 aliphatic rings. The zero-order valence-electron chi connectivity index (χ0n) is 10.8. The summed E-state index contributed by atoms with van der Waals surface area (Å²) in [7, 11) is 0. The van der Waals surface area contributed by atoms with Crippen LogP contribution in [0.15, 0.2) is 30.6 Å². The summed E-state index contributed by atoms with van der Waals surface area (Å²) >= 11 is 6.15. The van der Waals surface area contributed by atoms with Crippen molar-refractivity contribution in [3.8, 4) is 0 Å². The lowest BCUT2D eigenvalue weighted by molar-refractivity contribution is 0.644. The molecule has 1 heterocycles. The number of aryl methyl sites for hydroxylation is 2. The summed E-state index contributed by atoms with van der Waals surface area (Å²) in [6.45, 7) is 5.91. The summed E-state index contributed by atoms with van der Waals surface area (Å²) in [4.78, 5) is 4.36. The van der Waals surface area contributed by atoms with Crippen LogP contribution in [0.3, 0.4) is 0 Å². The summed E-state index contributed by atoms with van der Waals surface area (Å²) in [5, 5.41) is 4.08. The molecule has 2 aromatic rings. The molecule has 0 spiro atoms. The first-order chi connectivity index (χ1) is 8.70. The van der Waals surface area contributed by atoms with Crippen molar-refractivity contribution in [2.75, 3.05) is 5.32 Å². The smallest absolute Gasteiger partial charge is 0.128 e. The van der Waals surface area contributed by atoms with Gasteiger partial charge in [0.25, 0.3) is 0 Å². The fourth-order valence-electron chi connectivity index (χ4n) is 1.90. The maximum absolute atomic E-state index is 6.15. The van der Waals surface area contributed by atoms with Gasteiger partial charge in [-0.25, -0.2) is 4.98 Å². The molecule has 0 radical (unpaired) electrons. The van der Waals surface area contributed by atoms with E-state index in [1.165, 1.54) is 5.56 Å². The second kappa shape index (κ2) is 5.91. The van der Waals surface area contributed by atoms with Crippen LogP contribution in [0.1, 0.15) is 24.7 Å². The Morgan fingerprint density at radius 3 is 3.00 bits per heavy atom. The minimum atomic E-state index is 0.691. The minimum Gasteiger partial charge on any atom is -0.377 e. The average Bonchev–Trinajstić information content (AvgIpc) is 2.78. The monoisotopic (exact) mass is 263 g/mol. The van der Waals surface area contributed by atoms with E-state index in [1.54, 1.807) is 0 Å². The zero-order valence-corrected chi connectivity index (χ0v) is 11.5. The Bertz CT molecular complexity index is 520. The van der Waals surface area contributed by atoms with E-state index in [2.05, 4.69) is 34.8 Å². The van der Waals surface area contributed by atoms with Crippen molar-refractivity contribution in [1.82, 2.24) is 9.55 Å². The molecule has 0 saturated carbocycles. The van der Waals surface area contributed by atoms with Gasteiger partial charge in [0, 0.05) is 18.9 Å². The lowest BCUT2D eigenvalue weighted by atomic mass is 10.2. The molecule has 0 atom stereocenters. The molecule has 0 aliphatic carbocycles. The highest BCUT2D eigenvalue weighted by atomic mass is 35.5. The lowest BCUT2D eigenvalue weighted by Crippen LogP contribution is -2.08. The molecule has 1 aromatic carbocycles. The van der Waals surface area contributed by atoms with Gasteiger partial charge in [0.05, 0.1) is 17.3 Å². The van der Waals surface area contributed by atoms with Crippen molar-refractivity contribution >= 4 is 17.3 Å². The van der Waals surface area contributed by atoms with Crippen molar-refractivity contribution < 1.29 is 0 Å². The quantitative estimate of drug-likeness (QED) is 0.888. The van der Waals surface area contributed by atoms with Crippen molar-refractivity contribution in [2.24, 2.45) is 0 Å². The van der Waals surface area contributed by atoms with Crippen molar-refractivity contribution in [1.29, 1.82) is 0 Å². The molecule has 0 amide bonds. The van der Waals surface area contributed by atoms with E-state index in [-0.39, 0.29) is 0 Å². The van der Waals surface area contributed by atoms with Gasteiger partial charge in [-0.2, -0.15) is 0 Å². The molecule has 0 bridgehead atoms. The van der Waals surface area contributed by atoms with Gasteiger partial charge in [0.2, 0.25) is 0 Å². The van der Waals surface area contributed by atoms with Gasteiger partial charge in [-0.3, -0.25) is 0 Å². The maximum atomic E-state index is 6.15. The van der Waals surface area contributed by atoms with Crippen LogP contribution in [0.25, 0.3) is 0 Å². The number of anilines is 1. The first kappa shape index (κ1) is 13.0. The molecule has 0 saturated heterocycles. The van der Waals surface area contributed by atoms with Crippen molar-refractivity contribution in [3.63, 3.8) is 0 Å². The third-order valence-electron chi connectivity index (χ3n) is 2.83. The van der Waals surface area contributed by atoms with Gasteiger partial charge in [0.15, 0.2) is 0 Å². The van der Waals surface area contributed by atoms with E-state index in [0.29, 0.717) is 6.54 Å². The second-order valence-corrected chi connectivity index (χ2v) is 4.78. The van der Waals surface area contributed by atoms with Crippen LogP contribution in [0, 0.1) is 6.92 Å². The van der Waals surface area contributed by atoms with Crippen LogP contribution in [-0.4, -0.2) is 9.55 Å². The Kier molecular flexibility index (Phi) is 4.26. The molecule has 1 aromatic heterocycles. The SMILES string of the molecule is CCCn1ccnc1CNc1cc(C)ccc1Cl. The number of imidazole rings is 1. The van der Waals surface area contributed by atoms with Crippen LogP contribution in [0.4, 0.5) is 5.69 Å². The van der Waals surface area contributed by atoms with E-state index in [1.807, 2.05) is 24.5 Å². The van der Waals surface area contributed by atoms with Crippen molar-refractivity contribution in [3.05, 3.63) is 47.0 Å². The molecular weight excluding hydrogens is 246 g/mol. The summed E-state index contributed by atoms with van der Waals surface area (Å²) in [6, 6.07) is 5.97. The van der Waals surface area contributed by atoms with Crippen LogP contribution in [0.5, 0.6) is 0 Å². The maximum Gasteiger partial charge on any atom is 0.128 e. The van der Waals surface area contributed by atoms with E-state index in [9.17, 15) is 0 Å². The van der Waals surface area contributed by atoms with Crippen LogP contribution >= 0.6 is 11.6 Å². The van der Waals surface area contributed by atoms with Crippen molar-refractivity contribution in [2.45, 2.75) is 33.4 Å². The zero-order chi connectivity index (χ0) is 13.0. The largest absolute Gasteiger partial charge is 0.377 e. The fourth-order valence-corrected chi connectivity index (χ4v) is 2.08. The number of halogens is 1. The minimum absolute atomic E-state index is 0.691. The molecule has 96 valence electrons. The van der Waals surface area contributed by atoms with Gasteiger partial charge >= 0.3 is 0 Å². The first-order valence-corrected chi connectivity index (χ1v) is 6.58. The van der Waals surface area contributed by atoms with Gasteiger partial charge in [-0.05, 0) is 31.0 Å². The summed E-state index contributed by atoms with van der Waals surface area (Å²) < 4.78 is 2.16.